The minimum atomic E-state index is 0.556. The number of fused-ring (bicyclic) bond motifs is 2. The van der Waals surface area contributed by atoms with Crippen LogP contribution in [-0.4, -0.2) is 30.8 Å². The molecule has 0 N–H and O–H groups in total. The molecule has 0 saturated carbocycles. The Morgan fingerprint density at radius 1 is 1.36 bits per heavy atom. The first kappa shape index (κ1) is 9.25. The predicted octanol–water partition coefficient (Wildman–Crippen LogP) is 2.82. The Morgan fingerprint density at radius 3 is 2.93 bits per heavy atom. The van der Waals surface area contributed by atoms with Crippen molar-refractivity contribution in [2.75, 3.05) is 25.9 Å². The lowest BCUT2D eigenvalue weighted by Crippen LogP contribution is -2.40. The maximum absolute atomic E-state index is 2.46. The van der Waals surface area contributed by atoms with Gasteiger partial charge in [0.15, 0.2) is 0 Å². The van der Waals surface area contributed by atoms with Crippen LogP contribution in [0.15, 0.2) is 16.3 Å². The SMILES string of the molecule is CN1CCC2(CC1)CSc1ccsc12. The molecular weight excluding hydrogens is 210 g/mol. The summed E-state index contributed by atoms with van der Waals surface area (Å²) < 4.78 is 0. The number of thioether (sulfide) groups is 1. The Morgan fingerprint density at radius 2 is 2.14 bits per heavy atom. The summed E-state index contributed by atoms with van der Waals surface area (Å²) in [6, 6.07) is 2.30. The molecule has 3 rings (SSSR count). The molecule has 0 unspecified atom stereocenters. The summed E-state index contributed by atoms with van der Waals surface area (Å²) in [5.74, 6) is 1.34. The highest BCUT2D eigenvalue weighted by molar-refractivity contribution is 7.99. The highest BCUT2D eigenvalue weighted by Crippen LogP contribution is 2.51. The van der Waals surface area contributed by atoms with E-state index in [1.165, 1.54) is 31.7 Å². The average Bonchev–Trinajstić information content (AvgIpc) is 2.75. The molecule has 3 heteroatoms. The molecule has 3 heterocycles. The van der Waals surface area contributed by atoms with Gasteiger partial charge in [-0.3, -0.25) is 0 Å². The van der Waals surface area contributed by atoms with Gasteiger partial charge in [-0.2, -0.15) is 0 Å². The van der Waals surface area contributed by atoms with Crippen molar-refractivity contribution in [2.45, 2.75) is 23.2 Å². The lowest BCUT2D eigenvalue weighted by molar-refractivity contribution is 0.206. The van der Waals surface area contributed by atoms with Crippen molar-refractivity contribution in [1.82, 2.24) is 4.90 Å². The fourth-order valence-electron chi connectivity index (χ4n) is 2.50. The molecule has 2 aliphatic heterocycles. The molecule has 0 radical (unpaired) electrons. The second-order valence-electron chi connectivity index (χ2n) is 4.49. The van der Waals surface area contributed by atoms with E-state index < -0.39 is 0 Å². The van der Waals surface area contributed by atoms with Crippen molar-refractivity contribution in [3.63, 3.8) is 0 Å². The van der Waals surface area contributed by atoms with Gasteiger partial charge >= 0.3 is 0 Å². The van der Waals surface area contributed by atoms with Gasteiger partial charge in [0.05, 0.1) is 0 Å². The molecule has 1 aromatic heterocycles. The summed E-state index contributed by atoms with van der Waals surface area (Å²) in [5.41, 5.74) is 0.556. The zero-order chi connectivity index (χ0) is 9.60. The molecule has 1 spiro atoms. The lowest BCUT2D eigenvalue weighted by Gasteiger charge is -2.37. The van der Waals surface area contributed by atoms with Gasteiger partial charge in [-0.25, -0.2) is 0 Å². The zero-order valence-corrected chi connectivity index (χ0v) is 10.1. The van der Waals surface area contributed by atoms with Crippen LogP contribution in [0.5, 0.6) is 0 Å². The van der Waals surface area contributed by atoms with Crippen LogP contribution < -0.4 is 0 Å². The minimum Gasteiger partial charge on any atom is -0.306 e. The zero-order valence-electron chi connectivity index (χ0n) is 8.45. The maximum Gasteiger partial charge on any atom is 0.0252 e. The van der Waals surface area contributed by atoms with Crippen LogP contribution in [0, 0.1) is 0 Å². The van der Waals surface area contributed by atoms with Gasteiger partial charge < -0.3 is 4.90 Å². The van der Waals surface area contributed by atoms with Gasteiger partial charge in [0.25, 0.3) is 0 Å². The summed E-state index contributed by atoms with van der Waals surface area (Å²) in [6.07, 6.45) is 2.73. The van der Waals surface area contributed by atoms with Crippen LogP contribution >= 0.6 is 23.1 Å². The minimum absolute atomic E-state index is 0.556. The van der Waals surface area contributed by atoms with Crippen molar-refractivity contribution >= 4 is 23.1 Å². The summed E-state index contributed by atoms with van der Waals surface area (Å²) in [4.78, 5) is 5.72. The van der Waals surface area contributed by atoms with Gasteiger partial charge in [0, 0.05) is 20.9 Å². The molecule has 1 nitrogen and oxygen atoms in total. The number of hydrogen-bond acceptors (Lipinski definition) is 3. The molecule has 1 fully saturated rings. The van der Waals surface area contributed by atoms with E-state index in [1.54, 1.807) is 9.77 Å². The largest absolute Gasteiger partial charge is 0.306 e. The van der Waals surface area contributed by atoms with Crippen molar-refractivity contribution in [1.29, 1.82) is 0 Å². The summed E-state index contributed by atoms with van der Waals surface area (Å²) in [6.45, 7) is 2.55. The number of nitrogens with zero attached hydrogens (tertiary/aromatic N) is 1. The van der Waals surface area contributed by atoms with Crippen LogP contribution in [0.3, 0.4) is 0 Å². The van der Waals surface area contributed by atoms with E-state index in [-0.39, 0.29) is 0 Å². The molecule has 2 aliphatic rings. The summed E-state index contributed by atoms with van der Waals surface area (Å²) in [5, 5.41) is 2.26. The predicted molar refractivity (Wildman–Crippen MR) is 63.5 cm³/mol. The molecule has 1 saturated heterocycles. The number of rotatable bonds is 0. The summed E-state index contributed by atoms with van der Waals surface area (Å²) in [7, 11) is 2.24. The van der Waals surface area contributed by atoms with Crippen molar-refractivity contribution < 1.29 is 0 Å². The van der Waals surface area contributed by atoms with E-state index in [0.717, 1.165) is 0 Å². The fourth-order valence-corrected chi connectivity index (χ4v) is 5.42. The van der Waals surface area contributed by atoms with E-state index in [0.29, 0.717) is 5.41 Å². The molecule has 0 amide bonds. The molecule has 0 atom stereocenters. The van der Waals surface area contributed by atoms with Crippen LogP contribution in [0.4, 0.5) is 0 Å². The third-order valence-corrected chi connectivity index (χ3v) is 6.20. The van der Waals surface area contributed by atoms with Crippen molar-refractivity contribution in [3.05, 3.63) is 16.3 Å². The van der Waals surface area contributed by atoms with Crippen LogP contribution in [-0.2, 0) is 5.41 Å². The maximum atomic E-state index is 2.46. The van der Waals surface area contributed by atoms with E-state index in [4.69, 9.17) is 0 Å². The number of piperidine rings is 1. The summed E-state index contributed by atoms with van der Waals surface area (Å²) >= 11 is 4.05. The van der Waals surface area contributed by atoms with Crippen molar-refractivity contribution in [2.24, 2.45) is 0 Å². The first-order chi connectivity index (χ1) is 6.80. The Hall–Kier alpha value is 0.01000. The monoisotopic (exact) mass is 225 g/mol. The van der Waals surface area contributed by atoms with E-state index in [1.807, 2.05) is 11.3 Å². The average molecular weight is 225 g/mol. The highest BCUT2D eigenvalue weighted by Gasteiger charge is 2.42. The highest BCUT2D eigenvalue weighted by atomic mass is 32.2. The van der Waals surface area contributed by atoms with Crippen LogP contribution in [0.2, 0.25) is 0 Å². The quantitative estimate of drug-likeness (QED) is 0.668. The second kappa shape index (κ2) is 3.26. The Labute approximate surface area is 93.5 Å². The normalized spacial score (nSPS) is 25.5. The van der Waals surface area contributed by atoms with Gasteiger partial charge in [0.1, 0.15) is 0 Å². The van der Waals surface area contributed by atoms with Crippen molar-refractivity contribution in [3.8, 4) is 0 Å². The first-order valence-corrected chi connectivity index (χ1v) is 7.06. The molecule has 0 aromatic carbocycles. The molecular formula is C11H15NS2. The van der Waals surface area contributed by atoms with Gasteiger partial charge in [-0.05, 0) is 44.4 Å². The van der Waals surface area contributed by atoms with Gasteiger partial charge in [-0.1, -0.05) is 0 Å². The molecule has 1 aromatic rings. The van der Waals surface area contributed by atoms with E-state index in [2.05, 4.69) is 35.2 Å². The topological polar surface area (TPSA) is 3.24 Å². The molecule has 76 valence electrons. The molecule has 14 heavy (non-hydrogen) atoms. The Balaban J connectivity index is 1.92. The standard InChI is InChI=1S/C11H15NS2/c1-12-5-3-11(4-6-12)8-14-9-2-7-13-10(9)11/h2,7H,3-6,8H2,1H3. The third-order valence-electron chi connectivity index (χ3n) is 3.56. The number of thiophene rings is 1. The van der Waals surface area contributed by atoms with Gasteiger partial charge in [-0.15, -0.1) is 23.1 Å². The molecule has 0 bridgehead atoms. The van der Waals surface area contributed by atoms with Crippen LogP contribution in [0.1, 0.15) is 17.7 Å². The second-order valence-corrected chi connectivity index (χ2v) is 6.42. The Bertz CT molecular complexity index is 337. The lowest BCUT2D eigenvalue weighted by atomic mass is 9.79. The first-order valence-electron chi connectivity index (χ1n) is 5.19. The Kier molecular flexibility index (Phi) is 2.15. The smallest absolute Gasteiger partial charge is 0.0252 e. The number of likely N-dealkylation sites (tertiary alicyclic amines) is 1. The van der Waals surface area contributed by atoms with E-state index >= 15 is 0 Å². The fraction of sp³-hybridized carbons (Fsp3) is 0.636. The number of hydrogen-bond donors (Lipinski definition) is 0. The third kappa shape index (κ3) is 1.26. The van der Waals surface area contributed by atoms with Gasteiger partial charge in [0.2, 0.25) is 0 Å². The van der Waals surface area contributed by atoms with E-state index in [9.17, 15) is 0 Å². The molecule has 0 aliphatic carbocycles. The van der Waals surface area contributed by atoms with Crippen LogP contribution in [0.25, 0.3) is 0 Å².